The van der Waals surface area contributed by atoms with Crippen molar-refractivity contribution >= 4 is 0 Å². The fourth-order valence-electron chi connectivity index (χ4n) is 2.39. The maximum atomic E-state index is 9.33. The van der Waals surface area contributed by atoms with E-state index in [1.54, 1.807) is 0 Å². The molecule has 2 nitrogen and oxygen atoms in total. The standard InChI is InChI=1S/C11H21NO/c13-9-11(6-1-2-7-11)12-8-5-10-3-4-10/h10,12-13H,1-9H2. The maximum absolute atomic E-state index is 9.33. The highest BCUT2D eigenvalue weighted by atomic mass is 16.3. The molecule has 2 heteroatoms. The van der Waals surface area contributed by atoms with Gasteiger partial charge in [0.15, 0.2) is 0 Å². The van der Waals surface area contributed by atoms with Gasteiger partial charge in [-0.05, 0) is 31.7 Å². The molecule has 2 N–H and O–H groups in total. The van der Waals surface area contributed by atoms with Crippen LogP contribution in [-0.2, 0) is 0 Å². The minimum absolute atomic E-state index is 0.106. The van der Waals surface area contributed by atoms with Crippen molar-refractivity contribution in [3.63, 3.8) is 0 Å². The Morgan fingerprint density at radius 1 is 1.23 bits per heavy atom. The third kappa shape index (κ3) is 2.44. The molecule has 0 aromatic heterocycles. The number of hydrogen-bond acceptors (Lipinski definition) is 2. The highest BCUT2D eigenvalue weighted by Gasteiger charge is 2.32. The smallest absolute Gasteiger partial charge is 0.0613 e. The molecule has 0 aromatic carbocycles. The highest BCUT2D eigenvalue weighted by molar-refractivity contribution is 4.92. The number of nitrogens with one attached hydrogen (secondary N) is 1. The van der Waals surface area contributed by atoms with Gasteiger partial charge < -0.3 is 10.4 Å². The fourth-order valence-corrected chi connectivity index (χ4v) is 2.39. The average molecular weight is 183 g/mol. The van der Waals surface area contributed by atoms with Gasteiger partial charge in [0.2, 0.25) is 0 Å². The number of aliphatic hydroxyl groups excluding tert-OH is 1. The van der Waals surface area contributed by atoms with E-state index in [-0.39, 0.29) is 5.54 Å². The third-order valence-corrected chi connectivity index (χ3v) is 3.61. The zero-order chi connectivity index (χ0) is 9.15. The molecule has 2 saturated carbocycles. The first-order chi connectivity index (χ1) is 6.35. The van der Waals surface area contributed by atoms with Crippen molar-refractivity contribution in [2.45, 2.75) is 50.5 Å². The van der Waals surface area contributed by atoms with E-state index in [9.17, 15) is 5.11 Å². The molecule has 0 aliphatic heterocycles. The van der Waals surface area contributed by atoms with Crippen LogP contribution in [0.5, 0.6) is 0 Å². The lowest BCUT2D eigenvalue weighted by atomic mass is 9.99. The molecule has 0 radical (unpaired) electrons. The molecule has 0 heterocycles. The van der Waals surface area contributed by atoms with E-state index < -0.39 is 0 Å². The first-order valence-electron chi connectivity index (χ1n) is 5.71. The average Bonchev–Trinajstić information content (AvgIpc) is 2.84. The predicted molar refractivity (Wildman–Crippen MR) is 53.6 cm³/mol. The van der Waals surface area contributed by atoms with Crippen molar-refractivity contribution in [1.82, 2.24) is 5.32 Å². The van der Waals surface area contributed by atoms with Gasteiger partial charge >= 0.3 is 0 Å². The molecule has 2 aliphatic rings. The largest absolute Gasteiger partial charge is 0.394 e. The Labute approximate surface area is 80.7 Å². The predicted octanol–water partition coefficient (Wildman–Crippen LogP) is 1.68. The van der Waals surface area contributed by atoms with Crippen LogP contribution in [0.15, 0.2) is 0 Å². The molecule has 0 amide bonds. The summed E-state index contributed by atoms with van der Waals surface area (Å²) < 4.78 is 0. The zero-order valence-electron chi connectivity index (χ0n) is 8.39. The van der Waals surface area contributed by atoms with Crippen LogP contribution in [-0.4, -0.2) is 23.8 Å². The van der Waals surface area contributed by atoms with Crippen molar-refractivity contribution < 1.29 is 5.11 Å². The SMILES string of the molecule is OCC1(NCCC2CC2)CCCC1. The summed E-state index contributed by atoms with van der Waals surface area (Å²) in [5.41, 5.74) is 0.106. The van der Waals surface area contributed by atoms with Gasteiger partial charge in [-0.3, -0.25) is 0 Å². The molecular formula is C11H21NO. The molecule has 0 atom stereocenters. The van der Waals surface area contributed by atoms with Crippen LogP contribution in [0.3, 0.4) is 0 Å². The van der Waals surface area contributed by atoms with Gasteiger partial charge in [0.1, 0.15) is 0 Å². The third-order valence-electron chi connectivity index (χ3n) is 3.61. The summed E-state index contributed by atoms with van der Waals surface area (Å²) in [6, 6.07) is 0. The van der Waals surface area contributed by atoms with Crippen LogP contribution >= 0.6 is 0 Å². The number of hydrogen-bond donors (Lipinski definition) is 2. The van der Waals surface area contributed by atoms with Crippen LogP contribution in [0.2, 0.25) is 0 Å². The van der Waals surface area contributed by atoms with Crippen LogP contribution in [0.4, 0.5) is 0 Å². The van der Waals surface area contributed by atoms with Crippen molar-refractivity contribution in [2.75, 3.05) is 13.2 Å². The Balaban J connectivity index is 1.69. The molecule has 2 rings (SSSR count). The van der Waals surface area contributed by atoms with Gasteiger partial charge in [-0.25, -0.2) is 0 Å². The Morgan fingerprint density at radius 3 is 2.46 bits per heavy atom. The Morgan fingerprint density at radius 2 is 1.92 bits per heavy atom. The van der Waals surface area contributed by atoms with E-state index in [4.69, 9.17) is 0 Å². The summed E-state index contributed by atoms with van der Waals surface area (Å²) in [5, 5.41) is 12.9. The lowest BCUT2D eigenvalue weighted by Crippen LogP contribution is -2.46. The van der Waals surface area contributed by atoms with Gasteiger partial charge in [-0.2, -0.15) is 0 Å². The molecule has 0 saturated heterocycles. The van der Waals surface area contributed by atoms with Gasteiger partial charge in [0, 0.05) is 5.54 Å². The quantitative estimate of drug-likeness (QED) is 0.679. The first kappa shape index (κ1) is 9.47. The minimum Gasteiger partial charge on any atom is -0.394 e. The zero-order valence-corrected chi connectivity index (χ0v) is 8.39. The Bertz CT molecular complexity index is 159. The van der Waals surface area contributed by atoms with Crippen molar-refractivity contribution in [1.29, 1.82) is 0 Å². The summed E-state index contributed by atoms with van der Waals surface area (Å²) in [4.78, 5) is 0. The molecule has 2 aliphatic carbocycles. The summed E-state index contributed by atoms with van der Waals surface area (Å²) in [6.07, 6.45) is 9.12. The summed E-state index contributed by atoms with van der Waals surface area (Å²) in [7, 11) is 0. The Kier molecular flexibility index (Phi) is 2.89. The topological polar surface area (TPSA) is 32.3 Å². The summed E-state index contributed by atoms with van der Waals surface area (Å²) in [6.45, 7) is 1.45. The second-order valence-corrected chi connectivity index (χ2v) is 4.80. The van der Waals surface area contributed by atoms with Crippen LogP contribution in [0, 0.1) is 5.92 Å². The summed E-state index contributed by atoms with van der Waals surface area (Å²) in [5.74, 6) is 1.00. The van der Waals surface area contributed by atoms with E-state index in [0.29, 0.717) is 6.61 Å². The van der Waals surface area contributed by atoms with Crippen LogP contribution in [0.25, 0.3) is 0 Å². The fraction of sp³-hybridized carbons (Fsp3) is 1.00. The van der Waals surface area contributed by atoms with E-state index in [0.717, 1.165) is 12.5 Å². The van der Waals surface area contributed by atoms with Gasteiger partial charge in [0.05, 0.1) is 6.61 Å². The second-order valence-electron chi connectivity index (χ2n) is 4.80. The van der Waals surface area contributed by atoms with E-state index in [2.05, 4.69) is 5.32 Å². The lowest BCUT2D eigenvalue weighted by Gasteiger charge is -2.28. The first-order valence-corrected chi connectivity index (χ1v) is 5.71. The van der Waals surface area contributed by atoms with E-state index in [1.807, 2.05) is 0 Å². The van der Waals surface area contributed by atoms with Gasteiger partial charge in [-0.1, -0.05) is 25.7 Å². The Hall–Kier alpha value is -0.0800. The van der Waals surface area contributed by atoms with Gasteiger partial charge in [-0.15, -0.1) is 0 Å². The maximum Gasteiger partial charge on any atom is 0.0613 e. The normalized spacial score (nSPS) is 26.5. The number of rotatable bonds is 5. The van der Waals surface area contributed by atoms with Crippen LogP contribution < -0.4 is 5.32 Å². The lowest BCUT2D eigenvalue weighted by molar-refractivity contribution is 0.163. The minimum atomic E-state index is 0.106. The summed E-state index contributed by atoms with van der Waals surface area (Å²) >= 11 is 0. The molecule has 0 aromatic rings. The molecule has 76 valence electrons. The molecule has 2 fully saturated rings. The second kappa shape index (κ2) is 3.97. The monoisotopic (exact) mass is 183 g/mol. The molecular weight excluding hydrogens is 162 g/mol. The van der Waals surface area contributed by atoms with Gasteiger partial charge in [0.25, 0.3) is 0 Å². The van der Waals surface area contributed by atoms with E-state index >= 15 is 0 Å². The molecule has 0 spiro atoms. The van der Waals surface area contributed by atoms with Crippen LogP contribution in [0.1, 0.15) is 44.9 Å². The van der Waals surface area contributed by atoms with E-state index in [1.165, 1.54) is 44.9 Å². The number of aliphatic hydroxyl groups is 1. The molecule has 0 unspecified atom stereocenters. The van der Waals surface area contributed by atoms with Crippen molar-refractivity contribution in [2.24, 2.45) is 5.92 Å². The molecule has 13 heavy (non-hydrogen) atoms. The highest BCUT2D eigenvalue weighted by Crippen LogP contribution is 2.33. The molecule has 0 bridgehead atoms. The van der Waals surface area contributed by atoms with Crippen molar-refractivity contribution in [3.8, 4) is 0 Å². The van der Waals surface area contributed by atoms with Crippen molar-refractivity contribution in [3.05, 3.63) is 0 Å².